The van der Waals surface area contributed by atoms with Gasteiger partial charge in [-0.2, -0.15) is 0 Å². The molecule has 0 radical (unpaired) electrons. The number of halogens is 1. The van der Waals surface area contributed by atoms with Gasteiger partial charge in [-0.1, -0.05) is 35.9 Å². The van der Waals surface area contributed by atoms with Crippen LogP contribution in [-0.2, 0) is 12.8 Å². The largest absolute Gasteiger partial charge is 0.368 e. The second kappa shape index (κ2) is 11.3. The normalized spacial score (nSPS) is 10.9. The molecule has 36 heavy (non-hydrogen) atoms. The number of amides is 1. The zero-order valence-electron chi connectivity index (χ0n) is 19.4. The molecule has 180 valence electrons. The van der Waals surface area contributed by atoms with Crippen molar-refractivity contribution in [3.63, 3.8) is 0 Å². The molecule has 1 amide bonds. The Morgan fingerprint density at radius 2 is 1.75 bits per heavy atom. The van der Waals surface area contributed by atoms with Gasteiger partial charge < -0.3 is 10.6 Å². The van der Waals surface area contributed by atoms with Crippen molar-refractivity contribution < 1.29 is 4.79 Å². The van der Waals surface area contributed by atoms with E-state index < -0.39 is 0 Å². The number of nitrogens with zero attached hydrogens (tertiary/aromatic N) is 3. The number of pyridine rings is 1. The average Bonchev–Trinajstić information content (AvgIpc) is 3.44. The minimum Gasteiger partial charge on any atom is -0.368 e. The lowest BCUT2D eigenvalue weighted by molar-refractivity contribution is 0.0954. The predicted octanol–water partition coefficient (Wildman–Crippen LogP) is 6.03. The third kappa shape index (κ3) is 5.70. The summed E-state index contributed by atoms with van der Waals surface area (Å²) in [7, 11) is 0. The molecular formula is C28H24ClN5OS. The van der Waals surface area contributed by atoms with Crippen LogP contribution < -0.4 is 10.6 Å². The molecule has 3 heterocycles. The summed E-state index contributed by atoms with van der Waals surface area (Å²) in [4.78, 5) is 27.7. The fraction of sp³-hybridized carbons (Fsp3) is 0.143. The van der Waals surface area contributed by atoms with Crippen LogP contribution in [0.4, 0.5) is 5.82 Å². The van der Waals surface area contributed by atoms with Gasteiger partial charge in [0.15, 0.2) is 5.82 Å². The van der Waals surface area contributed by atoms with E-state index in [4.69, 9.17) is 21.6 Å². The van der Waals surface area contributed by atoms with Crippen LogP contribution in [0, 0.1) is 0 Å². The maximum Gasteiger partial charge on any atom is 0.251 e. The van der Waals surface area contributed by atoms with E-state index in [1.54, 1.807) is 35.9 Å². The molecular weight excluding hydrogens is 490 g/mol. The quantitative estimate of drug-likeness (QED) is 0.251. The van der Waals surface area contributed by atoms with Gasteiger partial charge in [-0.15, -0.1) is 11.3 Å². The lowest BCUT2D eigenvalue weighted by Crippen LogP contribution is -2.25. The van der Waals surface area contributed by atoms with Crippen molar-refractivity contribution in [3.8, 4) is 10.6 Å². The fourth-order valence-electron chi connectivity index (χ4n) is 3.89. The number of nitrogens with one attached hydrogen (secondary N) is 2. The number of hydrogen-bond donors (Lipinski definition) is 2. The molecule has 0 spiro atoms. The van der Waals surface area contributed by atoms with E-state index in [-0.39, 0.29) is 5.91 Å². The van der Waals surface area contributed by atoms with E-state index in [0.29, 0.717) is 35.6 Å². The lowest BCUT2D eigenvalue weighted by atomic mass is 10.1. The van der Waals surface area contributed by atoms with Gasteiger partial charge in [-0.25, -0.2) is 9.97 Å². The van der Waals surface area contributed by atoms with Crippen molar-refractivity contribution >= 4 is 45.7 Å². The molecule has 0 aliphatic carbocycles. The first-order valence-corrected chi connectivity index (χ1v) is 12.9. The Balaban J connectivity index is 1.33. The lowest BCUT2D eigenvalue weighted by Gasteiger charge is -2.12. The third-order valence-corrected chi connectivity index (χ3v) is 7.02. The van der Waals surface area contributed by atoms with E-state index in [9.17, 15) is 4.79 Å². The van der Waals surface area contributed by atoms with Crippen LogP contribution in [-0.4, -0.2) is 33.9 Å². The maximum atomic E-state index is 12.8. The van der Waals surface area contributed by atoms with Crippen molar-refractivity contribution in [1.82, 2.24) is 20.3 Å². The molecule has 0 aliphatic rings. The molecule has 0 fully saturated rings. The first-order valence-electron chi connectivity index (χ1n) is 11.7. The maximum absolute atomic E-state index is 12.8. The molecule has 3 aromatic heterocycles. The first-order chi connectivity index (χ1) is 17.7. The Labute approximate surface area is 218 Å². The van der Waals surface area contributed by atoms with E-state index in [0.717, 1.165) is 33.9 Å². The summed E-state index contributed by atoms with van der Waals surface area (Å²) in [5, 5.41) is 9.15. The van der Waals surface area contributed by atoms with Gasteiger partial charge in [-0.3, -0.25) is 9.78 Å². The molecule has 0 unspecified atom stereocenters. The Morgan fingerprint density at radius 1 is 0.889 bits per heavy atom. The summed E-state index contributed by atoms with van der Waals surface area (Å²) in [6.45, 7) is 1.21. The van der Waals surface area contributed by atoms with E-state index in [2.05, 4.69) is 15.6 Å². The van der Waals surface area contributed by atoms with Crippen LogP contribution >= 0.6 is 22.9 Å². The van der Waals surface area contributed by atoms with Crippen LogP contribution in [0.1, 0.15) is 21.5 Å². The van der Waals surface area contributed by atoms with Crippen LogP contribution in [0.25, 0.3) is 21.6 Å². The third-order valence-electron chi connectivity index (χ3n) is 5.77. The van der Waals surface area contributed by atoms with Crippen LogP contribution in [0.3, 0.4) is 0 Å². The number of aromatic nitrogens is 3. The van der Waals surface area contributed by atoms with E-state index in [1.165, 1.54) is 5.56 Å². The second-order valence-corrected chi connectivity index (χ2v) is 9.59. The summed E-state index contributed by atoms with van der Waals surface area (Å²) in [5.41, 5.74) is 4.95. The highest BCUT2D eigenvalue weighted by Crippen LogP contribution is 2.30. The Bertz CT molecular complexity index is 1470. The van der Waals surface area contributed by atoms with Gasteiger partial charge in [0, 0.05) is 36.1 Å². The van der Waals surface area contributed by atoms with Gasteiger partial charge in [0.25, 0.3) is 5.91 Å². The van der Waals surface area contributed by atoms with Crippen molar-refractivity contribution in [2.75, 3.05) is 18.4 Å². The van der Waals surface area contributed by atoms with Crippen LogP contribution in [0.15, 0.2) is 84.5 Å². The summed E-state index contributed by atoms with van der Waals surface area (Å²) in [5.74, 6) is 0.582. The molecule has 0 bridgehead atoms. The molecule has 2 N–H and O–H groups in total. The highest BCUT2D eigenvalue weighted by Gasteiger charge is 2.14. The monoisotopic (exact) mass is 513 g/mol. The van der Waals surface area contributed by atoms with Gasteiger partial charge in [-0.05, 0) is 71.8 Å². The standard InChI is InChI=1S/C28H24ClN5OS/c29-22-5-2-1-4-20(22)12-16-32-28(35)21-7-8-23-24(18-21)33-26(25-6-3-17-36-25)27(34-23)31-15-11-19-9-13-30-14-10-19/h1-10,13-14,17-18H,11-12,15-16H2,(H,31,34)(H,32,35). The smallest absolute Gasteiger partial charge is 0.251 e. The van der Waals surface area contributed by atoms with E-state index >= 15 is 0 Å². The molecule has 0 saturated heterocycles. The number of thiophene rings is 1. The highest BCUT2D eigenvalue weighted by atomic mass is 35.5. The Kier molecular flexibility index (Phi) is 7.50. The number of fused-ring (bicyclic) bond motifs is 1. The first kappa shape index (κ1) is 23.9. The number of carbonyl (C=O) groups is 1. The predicted molar refractivity (Wildman–Crippen MR) is 147 cm³/mol. The molecule has 0 aliphatic heterocycles. The number of hydrogen-bond acceptors (Lipinski definition) is 6. The molecule has 5 rings (SSSR count). The van der Waals surface area contributed by atoms with E-state index in [1.807, 2.05) is 60.0 Å². The van der Waals surface area contributed by atoms with Gasteiger partial charge in [0.2, 0.25) is 0 Å². The number of benzene rings is 2. The summed E-state index contributed by atoms with van der Waals surface area (Å²) in [6.07, 6.45) is 5.11. The topological polar surface area (TPSA) is 79.8 Å². The Hall–Kier alpha value is -3.81. The SMILES string of the molecule is O=C(NCCc1ccccc1Cl)c1ccc2nc(NCCc3ccncc3)c(-c3cccs3)nc2c1. The van der Waals surface area contributed by atoms with Gasteiger partial charge in [0.1, 0.15) is 5.69 Å². The molecule has 2 aromatic carbocycles. The minimum atomic E-state index is -0.150. The highest BCUT2D eigenvalue weighted by molar-refractivity contribution is 7.13. The number of rotatable bonds is 9. The fourth-order valence-corrected chi connectivity index (χ4v) is 4.84. The zero-order valence-corrected chi connectivity index (χ0v) is 21.0. The number of carbonyl (C=O) groups excluding carboxylic acids is 1. The number of anilines is 1. The molecule has 8 heteroatoms. The van der Waals surface area contributed by atoms with Crippen LogP contribution in [0.5, 0.6) is 0 Å². The van der Waals surface area contributed by atoms with Gasteiger partial charge in [0.05, 0.1) is 15.9 Å². The molecule has 0 saturated carbocycles. The van der Waals surface area contributed by atoms with Crippen molar-refractivity contribution in [1.29, 1.82) is 0 Å². The van der Waals surface area contributed by atoms with Crippen molar-refractivity contribution in [2.24, 2.45) is 0 Å². The average molecular weight is 514 g/mol. The van der Waals surface area contributed by atoms with Crippen molar-refractivity contribution in [3.05, 3.63) is 106 Å². The second-order valence-electron chi connectivity index (χ2n) is 8.23. The molecule has 6 nitrogen and oxygen atoms in total. The summed E-state index contributed by atoms with van der Waals surface area (Å²) < 4.78 is 0. The summed E-state index contributed by atoms with van der Waals surface area (Å²) >= 11 is 7.83. The minimum absolute atomic E-state index is 0.150. The zero-order chi connectivity index (χ0) is 24.7. The Morgan fingerprint density at radius 3 is 2.56 bits per heavy atom. The molecule has 0 atom stereocenters. The van der Waals surface area contributed by atoms with Gasteiger partial charge >= 0.3 is 0 Å². The summed E-state index contributed by atoms with van der Waals surface area (Å²) in [6, 6.07) is 21.1. The van der Waals surface area contributed by atoms with Crippen LogP contribution in [0.2, 0.25) is 5.02 Å². The molecule has 5 aromatic rings. The van der Waals surface area contributed by atoms with Crippen molar-refractivity contribution in [2.45, 2.75) is 12.8 Å².